The van der Waals surface area contributed by atoms with Crippen LogP contribution in [-0.4, -0.2) is 150 Å². The van der Waals surface area contributed by atoms with E-state index in [-0.39, 0.29) is 97.7 Å². The van der Waals surface area contributed by atoms with Gasteiger partial charge in [-0.3, -0.25) is 28.6 Å². The summed E-state index contributed by atoms with van der Waals surface area (Å²) in [6, 6.07) is 41.6. The number of rotatable bonds is 28. The summed E-state index contributed by atoms with van der Waals surface area (Å²) in [6.45, 7) is 22.4. The van der Waals surface area contributed by atoms with Crippen LogP contribution in [0.25, 0.3) is 22.4 Å². The standard InChI is InChI=1S/C89H106ClF3N12O12Si/c1-53(2)78(99-85(112)116-87(5,6)7)80(107)98-74(31-24-42-96-84(95)111)79(106)97-61-34-32-58(59(43-61)49-100(11)86(113)114-52-73-68-29-22-20-27-66(68)67-28-21-23-30-69(67)73)51-105(14,15)77(115-83(110)89(91,92)93)41-37-63-44-56-25-18-19-26-57(56)50-103(63)81(108)70-40-33-60(90)45-72(70)76-47-71(54(3)102(76)13)82(109)104(75-46-64(48-94)101(12)55(75)4)62-35-38-65(39-36-62)117-118(16,17)88(8,9)10/h18-23,25-30,32-36,38-40,43,45-47,53,63,73-74,77-78H,24,31,37,41-42,44,49-52H2,1-17H3,(H5-,95,96,97,98,99,106,107,111,112)/p+1/t63-,74-,77?,78-/m1/s1. The molecule has 10 rings (SSSR count). The van der Waals surface area contributed by atoms with Crippen molar-refractivity contribution >= 4 is 84.8 Å². The molecule has 1 aliphatic heterocycles. The number of aromatic nitrogens is 2. The Bertz CT molecular complexity index is 5110. The molecule has 3 heterocycles. The molecular formula is C89H107ClF3N12O12Si+. The minimum Gasteiger partial charge on any atom is -0.544 e. The lowest BCUT2D eigenvalue weighted by molar-refractivity contribution is -0.947. The number of amides is 8. The molecule has 0 saturated heterocycles. The average molecular weight is 1660 g/mol. The van der Waals surface area contributed by atoms with Gasteiger partial charge >= 0.3 is 30.4 Å². The van der Waals surface area contributed by atoms with Crippen LogP contribution >= 0.6 is 11.6 Å². The third-order valence-corrected chi connectivity index (χ3v) is 27.1. The second kappa shape index (κ2) is 36.2. The molecule has 4 atom stereocenters. The number of alkyl halides is 3. The van der Waals surface area contributed by atoms with E-state index in [0.29, 0.717) is 56.6 Å². The van der Waals surface area contributed by atoms with Crippen LogP contribution < -0.4 is 36.3 Å². The Morgan fingerprint density at radius 3 is 1.98 bits per heavy atom. The third-order valence-electron chi connectivity index (χ3n) is 22.5. The number of carbonyl (C=O) groups is 8. The van der Waals surface area contributed by atoms with Gasteiger partial charge in [0.05, 0.1) is 25.3 Å². The van der Waals surface area contributed by atoms with E-state index in [1.807, 2.05) is 104 Å². The lowest BCUT2D eigenvalue weighted by Crippen LogP contribution is -2.55. The summed E-state index contributed by atoms with van der Waals surface area (Å²) in [6.07, 6.45) is -8.53. The van der Waals surface area contributed by atoms with Crippen LogP contribution in [0.1, 0.15) is 158 Å². The first kappa shape index (κ1) is 88.9. The predicted octanol–water partition coefficient (Wildman–Crippen LogP) is 16.4. The molecule has 118 heavy (non-hydrogen) atoms. The summed E-state index contributed by atoms with van der Waals surface area (Å²) in [5, 5.41) is 21.1. The first-order chi connectivity index (χ1) is 55.4. The number of nitrogens with one attached hydrogen (secondary N) is 4. The fourth-order valence-corrected chi connectivity index (χ4v) is 16.0. The molecule has 0 bridgehead atoms. The first-order valence-electron chi connectivity index (χ1n) is 39.3. The second-order valence-electron chi connectivity index (χ2n) is 33.9. The van der Waals surface area contributed by atoms with E-state index in [1.165, 1.54) is 18.0 Å². The van der Waals surface area contributed by atoms with Gasteiger partial charge in [0.15, 0.2) is 0 Å². The van der Waals surface area contributed by atoms with Crippen LogP contribution in [0.15, 0.2) is 146 Å². The van der Waals surface area contributed by atoms with Crippen molar-refractivity contribution in [3.8, 4) is 34.2 Å². The molecule has 626 valence electrons. The zero-order valence-electron chi connectivity index (χ0n) is 70.0. The number of ether oxygens (including phenoxy) is 3. The Labute approximate surface area is 693 Å². The van der Waals surface area contributed by atoms with Crippen molar-refractivity contribution < 1.29 is 74.6 Å². The summed E-state index contributed by atoms with van der Waals surface area (Å²) in [4.78, 5) is 118. The molecule has 0 saturated carbocycles. The first-order valence-corrected chi connectivity index (χ1v) is 42.6. The van der Waals surface area contributed by atoms with Crippen molar-refractivity contribution in [1.29, 1.82) is 5.26 Å². The quantitative estimate of drug-likeness (QED) is 0.00762. The SMILES string of the molecule is Cc1c(N(C(=O)c2cc(-c3cc(Cl)ccc3C(=O)N3Cc4ccccc4C[C@H]3CCC(OC(=O)C(F)(F)F)[N+](C)(C)Cc3ccc(NC(=O)[C@@H](CCCNC(N)=O)NC(=O)[C@H](NC(=O)OC(C)(C)C)C(C)C)cc3CN(C)C(=O)OCC3c4ccccc4-c4ccccc43)n(C)c2C)c2ccc(O[Si](C)(C)C(C)(C)C)cc2)cc(C#N)n1C. The highest BCUT2D eigenvalue weighted by Gasteiger charge is 2.47. The maximum absolute atomic E-state index is 16.0. The van der Waals surface area contributed by atoms with E-state index in [0.717, 1.165) is 33.4 Å². The number of alkyl carbamates (subject to hydrolysis) is 1. The van der Waals surface area contributed by atoms with E-state index >= 15 is 9.59 Å². The fourth-order valence-electron chi connectivity index (χ4n) is 14.8. The highest BCUT2D eigenvalue weighted by atomic mass is 35.5. The lowest BCUT2D eigenvalue weighted by atomic mass is 9.90. The van der Waals surface area contributed by atoms with Crippen molar-refractivity contribution in [2.24, 2.45) is 25.7 Å². The van der Waals surface area contributed by atoms with Gasteiger partial charge in [-0.25, -0.2) is 19.2 Å². The van der Waals surface area contributed by atoms with Crippen LogP contribution in [0, 0.1) is 31.1 Å². The van der Waals surface area contributed by atoms with E-state index in [4.69, 9.17) is 36.0 Å². The van der Waals surface area contributed by atoms with Gasteiger partial charge in [-0.2, -0.15) is 18.4 Å². The summed E-state index contributed by atoms with van der Waals surface area (Å²) < 4.78 is 71.3. The number of fused-ring (bicyclic) bond motifs is 4. The van der Waals surface area contributed by atoms with Gasteiger partial charge in [-0.1, -0.05) is 125 Å². The molecule has 1 unspecified atom stereocenters. The largest absolute Gasteiger partial charge is 0.544 e. The molecule has 0 radical (unpaired) electrons. The number of urea groups is 1. The van der Waals surface area contributed by atoms with Crippen LogP contribution in [0.4, 0.5) is 44.6 Å². The second-order valence-corrected chi connectivity index (χ2v) is 39.0. The minimum atomic E-state index is -5.45. The highest BCUT2D eigenvalue weighted by molar-refractivity contribution is 6.74. The molecule has 0 spiro atoms. The number of hydrogen-bond donors (Lipinski definition) is 5. The Kier molecular flexibility index (Phi) is 27.3. The normalized spacial score (nSPS) is 14.3. The maximum atomic E-state index is 16.0. The summed E-state index contributed by atoms with van der Waals surface area (Å²) in [5.41, 5.74) is 14.8. The minimum absolute atomic E-state index is 0.0122. The van der Waals surface area contributed by atoms with Gasteiger partial charge in [0.1, 0.15) is 48.3 Å². The monoisotopic (exact) mass is 1660 g/mol. The number of nitriles is 1. The molecule has 29 heteroatoms. The van der Waals surface area contributed by atoms with E-state index in [1.54, 1.807) is 131 Å². The predicted molar refractivity (Wildman–Crippen MR) is 449 cm³/mol. The smallest absolute Gasteiger partial charge is 0.491 e. The molecule has 6 aromatic carbocycles. The number of benzene rings is 6. The summed E-state index contributed by atoms with van der Waals surface area (Å²) in [5.74, 6) is -4.96. The maximum Gasteiger partial charge on any atom is 0.491 e. The number of nitrogens with zero attached hydrogens (tertiary/aromatic N) is 7. The van der Waals surface area contributed by atoms with Gasteiger partial charge in [-0.15, -0.1) is 0 Å². The Balaban J connectivity index is 0.973. The molecule has 1 aliphatic carbocycles. The van der Waals surface area contributed by atoms with Crippen LogP contribution in [0.3, 0.4) is 0 Å². The summed E-state index contributed by atoms with van der Waals surface area (Å²) >= 11 is 6.90. The Morgan fingerprint density at radius 2 is 1.38 bits per heavy atom. The average Bonchev–Trinajstić information content (AvgIpc) is 1.50. The van der Waals surface area contributed by atoms with Crippen molar-refractivity contribution in [2.45, 2.75) is 181 Å². The lowest BCUT2D eigenvalue weighted by Gasteiger charge is -2.41. The van der Waals surface area contributed by atoms with E-state index in [2.05, 4.69) is 61.2 Å². The fraction of sp³-hybridized carbons (Fsp3) is 0.404. The van der Waals surface area contributed by atoms with Crippen molar-refractivity contribution in [3.05, 3.63) is 212 Å². The molecular weight excluding hydrogens is 1550 g/mol. The number of halogens is 4. The van der Waals surface area contributed by atoms with Gasteiger partial charge in [0.2, 0.25) is 26.4 Å². The van der Waals surface area contributed by atoms with Crippen LogP contribution in [0.2, 0.25) is 23.2 Å². The number of anilines is 3. The third kappa shape index (κ3) is 20.7. The molecule has 6 N–H and O–H groups in total. The van der Waals surface area contributed by atoms with Crippen LogP contribution in [-0.2, 0) is 68.7 Å². The van der Waals surface area contributed by atoms with Crippen molar-refractivity contribution in [3.63, 3.8) is 0 Å². The number of carbonyl (C=O) groups excluding carboxylic acids is 8. The number of quaternary nitrogens is 1. The number of esters is 1. The topological polar surface area (TPSA) is 291 Å². The molecule has 24 nitrogen and oxygen atoms in total. The summed E-state index contributed by atoms with van der Waals surface area (Å²) in [7, 11) is 5.94. The van der Waals surface area contributed by atoms with Gasteiger partial charge in [0, 0.05) is 109 Å². The molecule has 2 aromatic heterocycles. The molecule has 8 amide bonds. The van der Waals surface area contributed by atoms with E-state index in [9.17, 15) is 47.2 Å². The van der Waals surface area contributed by atoms with Crippen LogP contribution in [0.5, 0.6) is 5.75 Å². The molecule has 0 fully saturated rings. The van der Waals surface area contributed by atoms with Crippen molar-refractivity contribution in [2.75, 3.05) is 44.5 Å². The molecule has 8 aromatic rings. The number of nitrogens with two attached hydrogens (primary N) is 1. The number of hydrogen-bond acceptors (Lipinski definition) is 13. The number of primary amides is 1. The van der Waals surface area contributed by atoms with E-state index < -0.39 is 103 Å². The van der Waals surface area contributed by atoms with Gasteiger partial charge < -0.3 is 64.6 Å². The van der Waals surface area contributed by atoms with Crippen molar-refractivity contribution in [1.82, 2.24) is 34.9 Å². The zero-order chi connectivity index (χ0) is 86.4. The Morgan fingerprint density at radius 1 is 0.746 bits per heavy atom. The zero-order valence-corrected chi connectivity index (χ0v) is 71.8. The highest BCUT2D eigenvalue weighted by Crippen LogP contribution is 2.46. The van der Waals surface area contributed by atoms with Gasteiger partial charge in [0.25, 0.3) is 11.8 Å². The molecule has 2 aliphatic rings. The van der Waals surface area contributed by atoms with Gasteiger partial charge in [-0.05, 0) is 190 Å². The Hall–Kier alpha value is -11.4.